The number of halogens is 2. The molecule has 1 aromatic carbocycles. The van der Waals surface area contributed by atoms with Gasteiger partial charge in [-0.15, -0.1) is 0 Å². The van der Waals surface area contributed by atoms with Crippen molar-refractivity contribution in [1.29, 1.82) is 0 Å². The number of allylic oxidation sites excluding steroid dienone is 1. The van der Waals surface area contributed by atoms with Crippen molar-refractivity contribution in [3.63, 3.8) is 0 Å². The predicted octanol–water partition coefficient (Wildman–Crippen LogP) is 3.62. The molecule has 6 heteroatoms. The van der Waals surface area contributed by atoms with Gasteiger partial charge in [-0.3, -0.25) is 0 Å². The number of ether oxygens (including phenoxy) is 2. The molecular weight excluding hydrogens is 439 g/mol. The number of hydrogen-bond acceptors (Lipinski definition) is 3. The molecule has 0 saturated heterocycles. The zero-order valence-corrected chi connectivity index (χ0v) is 16.2. The van der Waals surface area contributed by atoms with E-state index in [1.165, 1.54) is 0 Å². The fourth-order valence-corrected chi connectivity index (χ4v) is 10.1. The third-order valence-corrected chi connectivity index (χ3v) is 13.1. The Balaban J connectivity index is 1.69. The first-order chi connectivity index (χ1) is 10.5. The van der Waals surface area contributed by atoms with Crippen LogP contribution in [0.5, 0.6) is 5.75 Å². The number of methoxy groups -OCH3 is 1. The molecule has 1 unspecified atom stereocenters. The zero-order valence-electron chi connectivity index (χ0n) is 12.3. The van der Waals surface area contributed by atoms with Crippen LogP contribution in [0, 0.1) is 0 Å². The van der Waals surface area contributed by atoms with E-state index in [0.29, 0.717) is 17.3 Å². The van der Waals surface area contributed by atoms with Crippen LogP contribution >= 0.6 is 17.9 Å². The predicted molar refractivity (Wildman–Crippen MR) is 90.3 cm³/mol. The van der Waals surface area contributed by atoms with E-state index in [4.69, 9.17) is 27.4 Å². The molecule has 22 heavy (non-hydrogen) atoms. The summed E-state index contributed by atoms with van der Waals surface area (Å²) in [6, 6.07) is 7.63. The minimum absolute atomic E-state index is 0.0506. The first-order valence-corrected chi connectivity index (χ1v) is 16.0. The van der Waals surface area contributed by atoms with Crippen LogP contribution in [0.25, 0.3) is 0 Å². The van der Waals surface area contributed by atoms with E-state index in [1.807, 2.05) is 24.3 Å². The van der Waals surface area contributed by atoms with Crippen LogP contribution in [0.1, 0.15) is 25.7 Å². The Kier molecular flexibility index (Phi) is 4.94. The summed E-state index contributed by atoms with van der Waals surface area (Å²) in [7, 11) is 15.0. The van der Waals surface area contributed by atoms with Crippen molar-refractivity contribution in [2.75, 3.05) is 7.11 Å². The minimum atomic E-state index is -3.23. The van der Waals surface area contributed by atoms with Crippen molar-refractivity contribution in [2.24, 2.45) is 0 Å². The van der Waals surface area contributed by atoms with Gasteiger partial charge in [-0.05, 0) is 0 Å². The molecule has 0 N–H and O–H groups in total. The van der Waals surface area contributed by atoms with Gasteiger partial charge in [-0.2, -0.15) is 0 Å². The quantitative estimate of drug-likeness (QED) is 0.649. The SMILES string of the molecule is COc1ccc([Te](Cl)(Cl)CC2CC3=C(CCCC3=O)O2)cc1. The van der Waals surface area contributed by atoms with Gasteiger partial charge >= 0.3 is 142 Å². The summed E-state index contributed by atoms with van der Waals surface area (Å²) in [4.78, 5) is 11.9. The Bertz CT molecular complexity index is 610. The Morgan fingerprint density at radius 1 is 1.27 bits per heavy atom. The Labute approximate surface area is 141 Å². The molecule has 0 aromatic heterocycles. The number of Topliss-reactive ketones (excluding diaryl/α,β-unsaturated/α-hetero) is 1. The van der Waals surface area contributed by atoms with Crippen molar-refractivity contribution in [1.82, 2.24) is 0 Å². The topological polar surface area (TPSA) is 35.5 Å². The van der Waals surface area contributed by atoms with E-state index in [1.54, 1.807) is 7.11 Å². The fourth-order valence-electron chi connectivity index (χ4n) is 2.89. The van der Waals surface area contributed by atoms with Gasteiger partial charge in [0.15, 0.2) is 0 Å². The third kappa shape index (κ3) is 3.41. The van der Waals surface area contributed by atoms with Gasteiger partial charge in [-0.1, -0.05) is 0 Å². The molecule has 3 rings (SSSR count). The van der Waals surface area contributed by atoms with Crippen molar-refractivity contribution in [3.8, 4) is 5.75 Å². The van der Waals surface area contributed by atoms with Crippen molar-refractivity contribution < 1.29 is 14.3 Å². The molecular formula is C16H18Cl2O3Te. The van der Waals surface area contributed by atoms with Gasteiger partial charge in [0.25, 0.3) is 0 Å². The van der Waals surface area contributed by atoms with Gasteiger partial charge in [0.2, 0.25) is 0 Å². The number of carbonyl (C=O) groups is 1. The maximum atomic E-state index is 11.9. The fraction of sp³-hybridized carbons (Fsp3) is 0.438. The summed E-state index contributed by atoms with van der Waals surface area (Å²) in [6.45, 7) is 0. The number of carbonyl (C=O) groups excluding carboxylic acids is 1. The summed E-state index contributed by atoms with van der Waals surface area (Å²) in [5, 5.41) is 0. The van der Waals surface area contributed by atoms with Crippen LogP contribution < -0.4 is 8.35 Å². The number of hydrogen-bond donors (Lipinski definition) is 0. The third-order valence-electron chi connectivity index (χ3n) is 4.02. The van der Waals surface area contributed by atoms with E-state index in [9.17, 15) is 4.79 Å². The van der Waals surface area contributed by atoms with Crippen molar-refractivity contribution >= 4 is 43.3 Å². The first kappa shape index (κ1) is 16.5. The number of benzene rings is 1. The molecule has 1 atom stereocenters. The molecule has 1 aliphatic carbocycles. The molecule has 1 heterocycles. The van der Waals surface area contributed by atoms with Crippen LogP contribution in [-0.4, -0.2) is 34.9 Å². The van der Waals surface area contributed by atoms with E-state index >= 15 is 0 Å². The van der Waals surface area contributed by atoms with Crippen LogP contribution in [0.2, 0.25) is 4.47 Å². The van der Waals surface area contributed by atoms with E-state index in [2.05, 4.69) is 0 Å². The van der Waals surface area contributed by atoms with Gasteiger partial charge in [0.1, 0.15) is 0 Å². The van der Waals surface area contributed by atoms with Crippen LogP contribution in [0.3, 0.4) is 0 Å². The summed E-state index contributed by atoms with van der Waals surface area (Å²) < 4.78 is 12.7. The molecule has 0 amide bonds. The van der Waals surface area contributed by atoms with Crippen molar-refractivity contribution in [3.05, 3.63) is 35.6 Å². The summed E-state index contributed by atoms with van der Waals surface area (Å²) in [5.41, 5.74) is 0.873. The molecule has 1 aliphatic heterocycles. The van der Waals surface area contributed by atoms with Crippen molar-refractivity contribution in [2.45, 2.75) is 36.3 Å². The van der Waals surface area contributed by atoms with Gasteiger partial charge in [-0.25, -0.2) is 0 Å². The Hall–Kier alpha value is -0.400. The average molecular weight is 457 g/mol. The normalized spacial score (nSPS) is 22.3. The van der Waals surface area contributed by atoms with E-state index < -0.39 is 15.9 Å². The monoisotopic (exact) mass is 458 g/mol. The molecule has 120 valence electrons. The molecule has 2 aliphatic rings. The first-order valence-electron chi connectivity index (χ1n) is 7.26. The summed E-state index contributed by atoms with van der Waals surface area (Å²) in [6.07, 6.45) is 3.01. The van der Waals surface area contributed by atoms with Gasteiger partial charge < -0.3 is 0 Å². The second-order valence-corrected chi connectivity index (χ2v) is 19.2. The average Bonchev–Trinajstić information content (AvgIpc) is 2.90. The molecule has 0 radical (unpaired) electrons. The van der Waals surface area contributed by atoms with E-state index in [-0.39, 0.29) is 11.9 Å². The number of rotatable bonds is 4. The summed E-state index contributed by atoms with van der Waals surface area (Å²) >= 11 is -3.23. The second-order valence-electron chi connectivity index (χ2n) is 5.54. The van der Waals surface area contributed by atoms with Crippen LogP contribution in [0.15, 0.2) is 35.6 Å². The van der Waals surface area contributed by atoms with Crippen LogP contribution in [0.4, 0.5) is 0 Å². The molecule has 1 aromatic rings. The van der Waals surface area contributed by atoms with E-state index in [0.717, 1.165) is 33.5 Å². The molecule has 0 bridgehead atoms. The molecule has 0 saturated carbocycles. The number of ketones is 1. The molecule has 0 fully saturated rings. The summed E-state index contributed by atoms with van der Waals surface area (Å²) in [5.74, 6) is 1.90. The zero-order chi connectivity index (χ0) is 15.7. The molecule has 3 nitrogen and oxygen atoms in total. The molecule has 0 spiro atoms. The van der Waals surface area contributed by atoms with Gasteiger partial charge in [0, 0.05) is 0 Å². The van der Waals surface area contributed by atoms with Crippen LogP contribution in [-0.2, 0) is 9.53 Å². The second kappa shape index (κ2) is 6.61. The maximum absolute atomic E-state index is 11.9. The Morgan fingerprint density at radius 3 is 2.64 bits per heavy atom. The Morgan fingerprint density at radius 2 is 2.00 bits per heavy atom. The standard InChI is InChI=1S/C16H18Cl2O3Te/c1-20-11-5-7-13(8-6-11)22(17,18)10-12-9-14-15(19)3-2-4-16(14)21-12/h5-8,12H,2-4,9-10H2,1H3. The van der Waals surface area contributed by atoms with Gasteiger partial charge in [0.05, 0.1) is 0 Å².